The van der Waals surface area contributed by atoms with Gasteiger partial charge in [-0.1, -0.05) is 107 Å². The summed E-state index contributed by atoms with van der Waals surface area (Å²) < 4.78 is 88.1. The molecule has 0 aliphatic heterocycles. The summed E-state index contributed by atoms with van der Waals surface area (Å²) in [5.41, 5.74) is 2.22. The maximum Gasteiger partial charge on any atom is 0.129 e. The molecule has 0 bridgehead atoms. The minimum atomic E-state index is -2.61. The quantitative estimate of drug-likeness (QED) is 0.101. The minimum absolute atomic E-state index is 0. The Hall–Kier alpha value is -4.37. The van der Waals surface area contributed by atoms with Crippen molar-refractivity contribution >= 4 is 43.5 Å². The van der Waals surface area contributed by atoms with E-state index in [1.54, 1.807) is 12.1 Å². The van der Waals surface area contributed by atoms with E-state index in [0.717, 1.165) is 49.7 Å². The van der Waals surface area contributed by atoms with E-state index >= 15 is 0 Å². The number of aromatic nitrogens is 2. The fourth-order valence-corrected chi connectivity index (χ4v) is 6.10. The summed E-state index contributed by atoms with van der Waals surface area (Å²) in [6.07, 6.45) is -0.826. The molecule has 0 aliphatic carbocycles. The second-order valence-electron chi connectivity index (χ2n) is 14.4. The first kappa shape index (κ1) is 24.7. The average Bonchev–Trinajstić information content (AvgIpc) is 3.57. The summed E-state index contributed by atoms with van der Waals surface area (Å²) in [6.45, 7) is 5.77. The van der Waals surface area contributed by atoms with E-state index in [2.05, 4.69) is 34.2 Å². The van der Waals surface area contributed by atoms with Crippen molar-refractivity contribution in [1.29, 1.82) is 0 Å². The fourth-order valence-electron chi connectivity index (χ4n) is 6.10. The van der Waals surface area contributed by atoms with E-state index < -0.39 is 37.3 Å². The number of benzene rings is 5. The molecule has 1 radical (unpaired) electrons. The zero-order chi connectivity index (χ0) is 43.1. The van der Waals surface area contributed by atoms with Crippen LogP contribution in [0.25, 0.3) is 66.0 Å². The van der Waals surface area contributed by atoms with Gasteiger partial charge >= 0.3 is 0 Å². The van der Waals surface area contributed by atoms with Crippen LogP contribution in [0.15, 0.2) is 102 Å². The molecule has 3 heterocycles. The maximum absolute atomic E-state index is 8.77. The molecule has 0 N–H and O–H groups in total. The van der Waals surface area contributed by atoms with Gasteiger partial charge in [0.2, 0.25) is 0 Å². The second kappa shape index (κ2) is 13.7. The van der Waals surface area contributed by atoms with E-state index in [1.165, 1.54) is 12.3 Å². The van der Waals surface area contributed by atoms with E-state index in [1.807, 2.05) is 96.1 Å². The van der Waals surface area contributed by atoms with Gasteiger partial charge in [-0.3, -0.25) is 0 Å². The Bertz CT molecular complexity index is 2830. The van der Waals surface area contributed by atoms with Crippen LogP contribution in [0.3, 0.4) is 0 Å². The summed E-state index contributed by atoms with van der Waals surface area (Å²) in [6, 6.07) is 32.7. The first-order valence-electron chi connectivity index (χ1n) is 21.3. The standard InChI is InChI=1S/C25H16NO.C21H28N.Ir/c1-14-11-21(26-13-15(14)2)20-10-9-16-7-8-18-12-17-5-3-4-6-19(17)24-23(18)22(16)25(20)27-24;1-20(2,3)13-17-12-19(16-10-8-7-9-11-16)22-15-18(17)14-21(4,5)6;/h3-9,11-13H,1-2H3;7-10,12,15H,13-14H2,1-6H3;/q2*-1;/i1D3,2D3;13D2,14D2;. The van der Waals surface area contributed by atoms with E-state index in [-0.39, 0.29) is 31.2 Å². The molecule has 0 aliphatic rings. The summed E-state index contributed by atoms with van der Waals surface area (Å²) in [5, 5.41) is 5.94. The Morgan fingerprint density at radius 2 is 1.38 bits per heavy atom. The van der Waals surface area contributed by atoms with Crippen molar-refractivity contribution in [2.45, 2.75) is 68.0 Å². The third kappa shape index (κ3) is 7.24. The van der Waals surface area contributed by atoms with Crippen LogP contribution in [-0.4, -0.2) is 9.97 Å². The number of hydrogen-bond acceptors (Lipinski definition) is 3. The summed E-state index contributed by atoms with van der Waals surface area (Å²) >= 11 is 0. The van der Waals surface area contributed by atoms with Crippen LogP contribution >= 0.6 is 0 Å². The number of furan rings is 1. The first-order valence-corrected chi connectivity index (χ1v) is 16.3. The molecule has 255 valence electrons. The van der Waals surface area contributed by atoms with Crippen LogP contribution in [0.2, 0.25) is 0 Å². The van der Waals surface area contributed by atoms with E-state index in [0.29, 0.717) is 33.7 Å². The molecule has 50 heavy (non-hydrogen) atoms. The van der Waals surface area contributed by atoms with Crippen molar-refractivity contribution in [2.75, 3.05) is 0 Å². The molecule has 0 fully saturated rings. The summed E-state index contributed by atoms with van der Waals surface area (Å²) in [4.78, 5) is 8.77. The zero-order valence-electron chi connectivity index (χ0n) is 38.9. The zero-order valence-corrected chi connectivity index (χ0v) is 31.3. The smallest absolute Gasteiger partial charge is 0.129 e. The molecule has 3 aromatic heterocycles. The minimum Gasteiger partial charge on any atom is -0.500 e. The van der Waals surface area contributed by atoms with Crippen molar-refractivity contribution in [2.24, 2.45) is 10.8 Å². The molecule has 8 rings (SSSR count). The Morgan fingerprint density at radius 3 is 2.12 bits per heavy atom. The molecule has 3 nitrogen and oxygen atoms in total. The summed E-state index contributed by atoms with van der Waals surface area (Å²) in [5.74, 6) is 0. The Labute approximate surface area is 323 Å². The van der Waals surface area contributed by atoms with Crippen LogP contribution in [0.5, 0.6) is 0 Å². The monoisotopic (exact) mass is 843 g/mol. The van der Waals surface area contributed by atoms with Gasteiger partial charge in [-0.25, -0.2) is 0 Å². The number of hydrogen-bond donors (Lipinski definition) is 0. The molecule has 0 amide bonds. The molecule has 4 heteroatoms. The Balaban J connectivity index is 0.000000204. The fraction of sp³-hybridized carbons (Fsp3) is 0.261. The number of nitrogens with zero attached hydrogens (tertiary/aromatic N) is 2. The molecule has 0 saturated carbocycles. The topological polar surface area (TPSA) is 38.9 Å². The summed E-state index contributed by atoms with van der Waals surface area (Å²) in [7, 11) is 0. The van der Waals surface area contributed by atoms with Crippen LogP contribution in [0.1, 0.15) is 77.5 Å². The number of rotatable bonds is 4. The molecular formula is C46H44IrN2O-2. The van der Waals surface area contributed by atoms with Crippen molar-refractivity contribution < 1.29 is 38.2 Å². The molecule has 0 atom stereocenters. The molecular weight excluding hydrogens is 789 g/mol. The van der Waals surface area contributed by atoms with Gasteiger partial charge in [0.15, 0.2) is 0 Å². The van der Waals surface area contributed by atoms with Gasteiger partial charge in [0.1, 0.15) is 5.58 Å². The van der Waals surface area contributed by atoms with Gasteiger partial charge in [0.05, 0.1) is 5.58 Å². The average molecular weight is 843 g/mol. The van der Waals surface area contributed by atoms with Crippen molar-refractivity contribution in [3.05, 3.63) is 132 Å². The third-order valence-corrected chi connectivity index (χ3v) is 8.11. The normalized spacial score (nSPS) is 16.0. The van der Waals surface area contributed by atoms with Crippen molar-refractivity contribution in [3.63, 3.8) is 0 Å². The van der Waals surface area contributed by atoms with Crippen molar-refractivity contribution in [1.82, 2.24) is 9.97 Å². The van der Waals surface area contributed by atoms with Gasteiger partial charge < -0.3 is 14.4 Å². The Morgan fingerprint density at radius 1 is 0.680 bits per heavy atom. The first-order chi connectivity index (χ1) is 27.3. The van der Waals surface area contributed by atoms with Gasteiger partial charge in [-0.2, -0.15) is 0 Å². The molecule has 8 aromatic rings. The third-order valence-electron chi connectivity index (χ3n) is 8.11. The molecule has 0 saturated heterocycles. The maximum atomic E-state index is 8.77. The number of aryl methyl sites for hydroxylation is 2. The molecule has 0 unspecified atom stereocenters. The number of pyridine rings is 2. The van der Waals surface area contributed by atoms with Crippen LogP contribution in [-0.2, 0) is 32.9 Å². The van der Waals surface area contributed by atoms with Crippen LogP contribution < -0.4 is 0 Å². The molecule has 5 aromatic carbocycles. The van der Waals surface area contributed by atoms with Crippen LogP contribution in [0.4, 0.5) is 0 Å². The predicted molar refractivity (Wildman–Crippen MR) is 206 cm³/mol. The molecule has 0 spiro atoms. The number of fused-ring (bicyclic) bond motifs is 2. The van der Waals surface area contributed by atoms with Gasteiger partial charge in [0.25, 0.3) is 0 Å². The van der Waals surface area contributed by atoms with Gasteiger partial charge in [-0.05, 0) is 87.6 Å². The largest absolute Gasteiger partial charge is 0.500 e. The van der Waals surface area contributed by atoms with E-state index in [9.17, 15) is 0 Å². The van der Waals surface area contributed by atoms with Crippen LogP contribution in [0, 0.1) is 36.7 Å². The second-order valence-corrected chi connectivity index (χ2v) is 14.4. The van der Waals surface area contributed by atoms with Gasteiger partial charge in [0, 0.05) is 57.0 Å². The SMILES string of the molecule is [2H]C([2H])([2H])c1cnc(-c2[c-]cc3ccc4cc5ccccc5c5oc2c3c45)cc1C([2H])([2H])[2H].[2H]C([2H])(c1cnc(-c2[c-]cccc2)cc1C([2H])([2H])C(C)(C)C)C(C)(C)C.[Ir]. The Kier molecular flexibility index (Phi) is 6.79. The van der Waals surface area contributed by atoms with E-state index in [4.69, 9.17) is 18.1 Å². The van der Waals surface area contributed by atoms with Crippen molar-refractivity contribution in [3.8, 4) is 22.5 Å². The predicted octanol–water partition coefficient (Wildman–Crippen LogP) is 12.5. The van der Waals surface area contributed by atoms with Gasteiger partial charge in [-0.15, -0.1) is 48.0 Å².